The van der Waals surface area contributed by atoms with E-state index in [1.165, 1.54) is 47.4 Å². The molecule has 0 spiro atoms. The first-order chi connectivity index (χ1) is 15.7. The van der Waals surface area contributed by atoms with Gasteiger partial charge in [-0.2, -0.15) is 0 Å². The Morgan fingerprint density at radius 1 is 1.00 bits per heavy atom. The third-order valence-corrected chi connectivity index (χ3v) is 8.58. The highest BCUT2D eigenvalue weighted by Crippen LogP contribution is 2.36. The van der Waals surface area contributed by atoms with Crippen molar-refractivity contribution in [3.05, 3.63) is 53.4 Å². The maximum atomic E-state index is 13.1. The molecule has 1 atom stereocenters. The number of piperidine rings is 3. The SMILES string of the molecule is O=C(NC1CN2CCC1CC2)c1cc2cccc(-c3ccc(N4CCNCC4)cc3)c2s1. The van der Waals surface area contributed by atoms with Crippen molar-refractivity contribution in [2.45, 2.75) is 18.9 Å². The van der Waals surface area contributed by atoms with Crippen molar-refractivity contribution in [3.63, 3.8) is 0 Å². The molecule has 0 saturated carbocycles. The molecule has 0 radical (unpaired) electrons. The van der Waals surface area contributed by atoms with Gasteiger partial charge in [0.2, 0.25) is 0 Å². The van der Waals surface area contributed by atoms with Crippen molar-refractivity contribution in [2.75, 3.05) is 50.7 Å². The van der Waals surface area contributed by atoms with Gasteiger partial charge in [0.05, 0.1) is 4.88 Å². The first kappa shape index (κ1) is 20.2. The molecule has 3 aromatic rings. The molecule has 1 unspecified atom stereocenters. The van der Waals surface area contributed by atoms with E-state index in [0.717, 1.165) is 43.0 Å². The molecule has 4 aliphatic rings. The summed E-state index contributed by atoms with van der Waals surface area (Å²) in [5, 5.41) is 7.91. The number of carbonyl (C=O) groups is 1. The van der Waals surface area contributed by atoms with Gasteiger partial charge in [0, 0.05) is 49.2 Å². The Bertz CT molecular complexity index is 1110. The highest BCUT2D eigenvalue weighted by atomic mass is 32.1. The second-order valence-corrected chi connectivity index (χ2v) is 10.4. The van der Waals surface area contributed by atoms with E-state index >= 15 is 0 Å². The number of amides is 1. The van der Waals surface area contributed by atoms with Gasteiger partial charge in [0.15, 0.2) is 0 Å². The number of nitrogens with zero attached hydrogens (tertiary/aromatic N) is 2. The molecule has 4 saturated heterocycles. The number of rotatable bonds is 4. The van der Waals surface area contributed by atoms with Gasteiger partial charge in [0.25, 0.3) is 5.91 Å². The zero-order valence-corrected chi connectivity index (χ0v) is 19.2. The Morgan fingerprint density at radius 3 is 2.50 bits per heavy atom. The van der Waals surface area contributed by atoms with Crippen molar-refractivity contribution in [1.29, 1.82) is 0 Å². The minimum atomic E-state index is 0.0879. The van der Waals surface area contributed by atoms with E-state index in [9.17, 15) is 4.79 Å². The second kappa shape index (κ2) is 8.50. The number of hydrogen-bond acceptors (Lipinski definition) is 5. The molecule has 6 heteroatoms. The van der Waals surface area contributed by atoms with Crippen LogP contribution in [-0.2, 0) is 0 Å². The summed E-state index contributed by atoms with van der Waals surface area (Å²) in [6.07, 6.45) is 2.43. The topological polar surface area (TPSA) is 47.6 Å². The average molecular weight is 447 g/mol. The standard InChI is InChI=1S/C26H30N4OS/c31-26(28-23-17-29-12-8-19(23)9-13-29)24-16-20-2-1-3-22(25(20)32-24)18-4-6-21(7-5-18)30-14-10-27-11-15-30/h1-7,16,19,23,27H,8-15,17H2,(H,28,31). The molecular formula is C26H30N4OS. The molecule has 2 bridgehead atoms. The average Bonchev–Trinajstić information content (AvgIpc) is 3.30. The summed E-state index contributed by atoms with van der Waals surface area (Å²) >= 11 is 1.62. The van der Waals surface area contributed by atoms with Crippen LogP contribution in [0.25, 0.3) is 21.2 Å². The van der Waals surface area contributed by atoms with Crippen LogP contribution >= 0.6 is 11.3 Å². The molecule has 0 aliphatic carbocycles. The van der Waals surface area contributed by atoms with Crippen LogP contribution in [0.1, 0.15) is 22.5 Å². The maximum absolute atomic E-state index is 13.1. The zero-order valence-electron chi connectivity index (χ0n) is 18.3. The van der Waals surface area contributed by atoms with Crippen molar-refractivity contribution in [3.8, 4) is 11.1 Å². The molecule has 5 nitrogen and oxygen atoms in total. The minimum absolute atomic E-state index is 0.0879. The summed E-state index contributed by atoms with van der Waals surface area (Å²) in [7, 11) is 0. The van der Waals surface area contributed by atoms with E-state index in [2.05, 4.69) is 69.0 Å². The quantitative estimate of drug-likeness (QED) is 0.640. The van der Waals surface area contributed by atoms with Crippen LogP contribution < -0.4 is 15.5 Å². The van der Waals surface area contributed by atoms with Gasteiger partial charge in [0.1, 0.15) is 0 Å². The van der Waals surface area contributed by atoms with Crippen molar-refractivity contribution in [2.24, 2.45) is 5.92 Å². The molecule has 1 aromatic heterocycles. The monoisotopic (exact) mass is 446 g/mol. The van der Waals surface area contributed by atoms with Crippen molar-refractivity contribution >= 4 is 33.0 Å². The number of piperazine rings is 1. The molecule has 32 heavy (non-hydrogen) atoms. The molecular weight excluding hydrogens is 416 g/mol. The lowest BCUT2D eigenvalue weighted by Crippen LogP contribution is -2.57. The number of anilines is 1. The number of nitrogens with one attached hydrogen (secondary N) is 2. The summed E-state index contributed by atoms with van der Waals surface area (Å²) in [5.41, 5.74) is 3.70. The van der Waals surface area contributed by atoms with Gasteiger partial charge < -0.3 is 20.4 Å². The van der Waals surface area contributed by atoms with E-state index in [0.29, 0.717) is 12.0 Å². The highest BCUT2D eigenvalue weighted by Gasteiger charge is 2.35. The van der Waals surface area contributed by atoms with Crippen LogP contribution in [0.3, 0.4) is 0 Å². The van der Waals surface area contributed by atoms with Crippen LogP contribution in [0, 0.1) is 5.92 Å². The van der Waals surface area contributed by atoms with Gasteiger partial charge >= 0.3 is 0 Å². The van der Waals surface area contributed by atoms with Gasteiger partial charge in [-0.15, -0.1) is 11.3 Å². The van der Waals surface area contributed by atoms with Crippen LogP contribution in [0.15, 0.2) is 48.5 Å². The first-order valence-corrected chi connectivity index (χ1v) is 12.7. The highest BCUT2D eigenvalue weighted by molar-refractivity contribution is 7.21. The third kappa shape index (κ3) is 3.81. The normalized spacial score (nSPS) is 25.2. The number of hydrogen-bond donors (Lipinski definition) is 2. The fraction of sp³-hybridized carbons (Fsp3) is 0.423. The first-order valence-electron chi connectivity index (χ1n) is 11.9. The summed E-state index contributed by atoms with van der Waals surface area (Å²) in [6, 6.07) is 17.7. The minimum Gasteiger partial charge on any atom is -0.369 e. The maximum Gasteiger partial charge on any atom is 0.261 e. The van der Waals surface area contributed by atoms with Crippen LogP contribution in [0.2, 0.25) is 0 Å². The fourth-order valence-corrected chi connectivity index (χ4v) is 6.64. The lowest BCUT2D eigenvalue weighted by atomic mass is 9.84. The van der Waals surface area contributed by atoms with E-state index in [4.69, 9.17) is 0 Å². The molecule has 2 N–H and O–H groups in total. The lowest BCUT2D eigenvalue weighted by Gasteiger charge is -2.44. The Balaban J connectivity index is 1.24. The molecule has 4 aliphatic heterocycles. The number of thiophene rings is 1. The number of carbonyl (C=O) groups excluding carboxylic acids is 1. The van der Waals surface area contributed by atoms with Crippen LogP contribution in [0.5, 0.6) is 0 Å². The largest absolute Gasteiger partial charge is 0.369 e. The van der Waals surface area contributed by atoms with Crippen LogP contribution in [0.4, 0.5) is 5.69 Å². The Labute approximate surface area is 193 Å². The summed E-state index contributed by atoms with van der Waals surface area (Å²) in [6.45, 7) is 7.58. The number of fused-ring (bicyclic) bond motifs is 4. The molecule has 4 fully saturated rings. The molecule has 5 heterocycles. The number of benzene rings is 2. The van der Waals surface area contributed by atoms with E-state index in [-0.39, 0.29) is 5.91 Å². The fourth-order valence-electron chi connectivity index (χ4n) is 5.55. The molecule has 2 aromatic carbocycles. The summed E-state index contributed by atoms with van der Waals surface area (Å²) < 4.78 is 1.20. The van der Waals surface area contributed by atoms with Crippen LogP contribution in [-0.4, -0.2) is 62.7 Å². The van der Waals surface area contributed by atoms with Crippen molar-refractivity contribution in [1.82, 2.24) is 15.5 Å². The molecule has 7 rings (SSSR count). The Morgan fingerprint density at radius 2 is 1.78 bits per heavy atom. The lowest BCUT2D eigenvalue weighted by molar-refractivity contribution is 0.0622. The molecule has 166 valence electrons. The third-order valence-electron chi connectivity index (χ3n) is 7.40. The molecule has 1 amide bonds. The second-order valence-electron chi connectivity index (χ2n) is 9.34. The zero-order chi connectivity index (χ0) is 21.5. The van der Waals surface area contributed by atoms with Gasteiger partial charge in [-0.1, -0.05) is 30.3 Å². The summed E-state index contributed by atoms with van der Waals surface area (Å²) in [4.78, 5) is 18.8. The van der Waals surface area contributed by atoms with E-state index in [1.54, 1.807) is 11.3 Å². The van der Waals surface area contributed by atoms with E-state index < -0.39 is 0 Å². The smallest absolute Gasteiger partial charge is 0.261 e. The van der Waals surface area contributed by atoms with Gasteiger partial charge in [-0.3, -0.25) is 4.79 Å². The Hall–Kier alpha value is -2.41. The van der Waals surface area contributed by atoms with Crippen molar-refractivity contribution < 1.29 is 4.79 Å². The van der Waals surface area contributed by atoms with Gasteiger partial charge in [-0.05, 0) is 66.6 Å². The Kier molecular flexibility index (Phi) is 5.37. The van der Waals surface area contributed by atoms with Gasteiger partial charge in [-0.25, -0.2) is 0 Å². The van der Waals surface area contributed by atoms with E-state index in [1.807, 2.05) is 0 Å². The predicted molar refractivity (Wildman–Crippen MR) is 133 cm³/mol. The summed E-state index contributed by atoms with van der Waals surface area (Å²) in [5.74, 6) is 0.730. The predicted octanol–water partition coefficient (Wildman–Crippen LogP) is 3.80.